The molecule has 134 valence electrons. The van der Waals surface area contributed by atoms with Gasteiger partial charge in [-0.1, -0.05) is 0 Å². The van der Waals surface area contributed by atoms with E-state index in [1.807, 2.05) is 6.07 Å². The van der Waals surface area contributed by atoms with Crippen molar-refractivity contribution in [2.45, 2.75) is 4.90 Å². The number of sulfonamides is 1. The van der Waals surface area contributed by atoms with Crippen LogP contribution in [0.4, 0.5) is 0 Å². The molecule has 0 bridgehead atoms. The minimum atomic E-state index is -3.67. The summed E-state index contributed by atoms with van der Waals surface area (Å²) in [5, 5.41) is 8.80. The molecule has 1 amide bonds. The van der Waals surface area contributed by atoms with Gasteiger partial charge in [0, 0.05) is 38.4 Å². The Morgan fingerprint density at radius 2 is 1.69 bits per heavy atom. The zero-order chi connectivity index (χ0) is 18.7. The van der Waals surface area contributed by atoms with Crippen LogP contribution in [0.1, 0.15) is 15.9 Å². The van der Waals surface area contributed by atoms with Crippen LogP contribution >= 0.6 is 0 Å². The average molecular weight is 372 g/mol. The number of nitrogens with one attached hydrogen (secondary N) is 1. The topological polar surface area (TPSA) is 114 Å². The third kappa shape index (κ3) is 3.51. The Bertz CT molecular complexity index is 993. The summed E-state index contributed by atoms with van der Waals surface area (Å²) in [5.74, 6) is -0.253. The van der Waals surface area contributed by atoms with Crippen LogP contribution < -0.4 is 5.56 Å². The van der Waals surface area contributed by atoms with Crippen LogP contribution in [-0.2, 0) is 10.0 Å². The molecular formula is C17H16N4O4S. The predicted octanol–water partition coefficient (Wildman–Crippen LogP) is 0.393. The van der Waals surface area contributed by atoms with Crippen LogP contribution in [0.3, 0.4) is 0 Å². The monoisotopic (exact) mass is 372 g/mol. The summed E-state index contributed by atoms with van der Waals surface area (Å²) in [7, 11) is -3.67. The van der Waals surface area contributed by atoms with Gasteiger partial charge in [-0.2, -0.15) is 9.57 Å². The molecular weight excluding hydrogens is 356 g/mol. The highest BCUT2D eigenvalue weighted by Gasteiger charge is 2.30. The number of H-pyrrole nitrogens is 1. The van der Waals surface area contributed by atoms with Crippen molar-refractivity contribution in [3.63, 3.8) is 0 Å². The molecule has 1 aromatic heterocycles. The Labute approximate surface area is 150 Å². The number of hydrogen-bond acceptors (Lipinski definition) is 5. The summed E-state index contributed by atoms with van der Waals surface area (Å²) in [6.07, 6.45) is 1.35. The number of nitriles is 1. The first kappa shape index (κ1) is 17.8. The van der Waals surface area contributed by atoms with Crippen LogP contribution in [0.2, 0.25) is 0 Å². The highest BCUT2D eigenvalue weighted by Crippen LogP contribution is 2.19. The van der Waals surface area contributed by atoms with E-state index in [1.165, 1.54) is 46.9 Å². The summed E-state index contributed by atoms with van der Waals surface area (Å²) >= 11 is 0. The average Bonchev–Trinajstić information content (AvgIpc) is 2.68. The fourth-order valence-corrected chi connectivity index (χ4v) is 4.13. The maximum absolute atomic E-state index is 12.7. The lowest BCUT2D eigenvalue weighted by atomic mass is 10.2. The molecule has 1 saturated heterocycles. The van der Waals surface area contributed by atoms with Gasteiger partial charge in [0.25, 0.3) is 5.91 Å². The molecule has 0 aliphatic carbocycles. The molecule has 1 N–H and O–H groups in total. The second-order valence-corrected chi connectivity index (χ2v) is 7.71. The van der Waals surface area contributed by atoms with Crippen LogP contribution in [0.25, 0.3) is 0 Å². The number of hydrogen-bond donors (Lipinski definition) is 1. The van der Waals surface area contributed by atoms with Gasteiger partial charge in [0.1, 0.15) is 0 Å². The minimum absolute atomic E-state index is 0.122. The number of amides is 1. The Hall–Kier alpha value is -2.96. The molecule has 1 fully saturated rings. The predicted molar refractivity (Wildman–Crippen MR) is 92.9 cm³/mol. The van der Waals surface area contributed by atoms with Gasteiger partial charge in [0.2, 0.25) is 15.6 Å². The van der Waals surface area contributed by atoms with Crippen LogP contribution in [0, 0.1) is 11.3 Å². The lowest BCUT2D eigenvalue weighted by molar-refractivity contribution is 0.0697. The molecule has 0 atom stereocenters. The van der Waals surface area contributed by atoms with E-state index in [0.717, 1.165) is 0 Å². The minimum Gasteiger partial charge on any atom is -0.336 e. The highest BCUT2D eigenvalue weighted by molar-refractivity contribution is 7.89. The molecule has 0 radical (unpaired) electrons. The molecule has 2 heterocycles. The Morgan fingerprint density at radius 1 is 1.04 bits per heavy atom. The van der Waals surface area contributed by atoms with Crippen LogP contribution in [0.15, 0.2) is 52.3 Å². The van der Waals surface area contributed by atoms with Crippen molar-refractivity contribution >= 4 is 15.9 Å². The van der Waals surface area contributed by atoms with Crippen molar-refractivity contribution in [2.75, 3.05) is 26.2 Å². The van der Waals surface area contributed by atoms with Gasteiger partial charge in [-0.25, -0.2) is 8.42 Å². The summed E-state index contributed by atoms with van der Waals surface area (Å²) in [5.41, 5.74) is 0.452. The fourth-order valence-electron chi connectivity index (χ4n) is 2.71. The maximum Gasteiger partial charge on any atom is 0.255 e. The summed E-state index contributed by atoms with van der Waals surface area (Å²) < 4.78 is 26.7. The molecule has 1 aliphatic rings. The molecule has 2 aromatic rings. The number of carbonyl (C=O) groups excluding carboxylic acids is 1. The summed E-state index contributed by atoms with van der Waals surface area (Å²) in [4.78, 5) is 27.6. The first-order chi connectivity index (χ1) is 12.4. The number of piperazine rings is 1. The Kier molecular flexibility index (Phi) is 4.88. The first-order valence-corrected chi connectivity index (χ1v) is 9.34. The van der Waals surface area contributed by atoms with E-state index in [9.17, 15) is 18.0 Å². The molecule has 0 unspecified atom stereocenters. The van der Waals surface area contributed by atoms with E-state index in [0.29, 0.717) is 11.1 Å². The van der Waals surface area contributed by atoms with E-state index in [1.54, 1.807) is 4.90 Å². The van der Waals surface area contributed by atoms with Crippen molar-refractivity contribution in [1.29, 1.82) is 5.26 Å². The molecule has 26 heavy (non-hydrogen) atoms. The molecule has 1 aromatic carbocycles. The number of nitrogens with zero attached hydrogens (tertiary/aromatic N) is 3. The molecule has 9 heteroatoms. The van der Waals surface area contributed by atoms with Gasteiger partial charge in [0.15, 0.2) is 0 Å². The number of aromatic amines is 1. The number of benzene rings is 1. The Morgan fingerprint density at radius 3 is 2.23 bits per heavy atom. The van der Waals surface area contributed by atoms with Gasteiger partial charge < -0.3 is 9.88 Å². The zero-order valence-electron chi connectivity index (χ0n) is 13.8. The summed E-state index contributed by atoms with van der Waals surface area (Å²) in [6, 6.07) is 10.4. The van der Waals surface area contributed by atoms with Gasteiger partial charge >= 0.3 is 0 Å². The largest absolute Gasteiger partial charge is 0.336 e. The van der Waals surface area contributed by atoms with Gasteiger partial charge in [-0.15, -0.1) is 0 Å². The summed E-state index contributed by atoms with van der Waals surface area (Å²) in [6.45, 7) is 0.871. The number of carbonyl (C=O) groups is 1. The maximum atomic E-state index is 12.7. The van der Waals surface area contributed by atoms with Crippen molar-refractivity contribution in [1.82, 2.24) is 14.2 Å². The van der Waals surface area contributed by atoms with Crippen molar-refractivity contribution in [2.24, 2.45) is 0 Å². The number of aromatic nitrogens is 1. The fraction of sp³-hybridized carbons (Fsp3) is 0.235. The molecule has 0 spiro atoms. The van der Waals surface area contributed by atoms with Gasteiger partial charge in [-0.3, -0.25) is 9.59 Å². The van der Waals surface area contributed by atoms with E-state index in [-0.39, 0.29) is 42.5 Å². The lowest BCUT2D eigenvalue weighted by Crippen LogP contribution is -2.50. The van der Waals surface area contributed by atoms with Gasteiger partial charge in [0.05, 0.1) is 22.1 Å². The third-order valence-electron chi connectivity index (χ3n) is 4.18. The van der Waals surface area contributed by atoms with Crippen molar-refractivity contribution in [3.05, 3.63) is 64.1 Å². The highest BCUT2D eigenvalue weighted by atomic mass is 32.2. The van der Waals surface area contributed by atoms with E-state index >= 15 is 0 Å². The molecule has 8 nitrogen and oxygen atoms in total. The van der Waals surface area contributed by atoms with E-state index in [2.05, 4.69) is 4.98 Å². The SMILES string of the molecule is N#Cc1ccc(S(=O)(=O)N2CCN(C(=O)c3ccc(=O)[nH]c3)CC2)cc1. The van der Waals surface area contributed by atoms with Crippen molar-refractivity contribution in [3.8, 4) is 6.07 Å². The molecule has 0 saturated carbocycles. The van der Waals surface area contributed by atoms with E-state index < -0.39 is 10.0 Å². The smallest absolute Gasteiger partial charge is 0.255 e. The zero-order valence-corrected chi connectivity index (χ0v) is 14.6. The second-order valence-electron chi connectivity index (χ2n) is 5.77. The number of pyridine rings is 1. The number of rotatable bonds is 3. The normalized spacial score (nSPS) is 15.4. The molecule has 1 aliphatic heterocycles. The second kappa shape index (κ2) is 7.11. The lowest BCUT2D eigenvalue weighted by Gasteiger charge is -2.34. The van der Waals surface area contributed by atoms with E-state index in [4.69, 9.17) is 5.26 Å². The molecule has 3 rings (SSSR count). The Balaban J connectivity index is 1.69. The van der Waals surface area contributed by atoms with Crippen molar-refractivity contribution < 1.29 is 13.2 Å². The van der Waals surface area contributed by atoms with Crippen LogP contribution in [-0.4, -0.2) is 54.7 Å². The first-order valence-electron chi connectivity index (χ1n) is 7.90. The quantitative estimate of drug-likeness (QED) is 0.837. The third-order valence-corrected chi connectivity index (χ3v) is 6.09. The van der Waals surface area contributed by atoms with Crippen LogP contribution in [0.5, 0.6) is 0 Å². The van der Waals surface area contributed by atoms with Gasteiger partial charge in [-0.05, 0) is 30.3 Å². The standard InChI is InChI=1S/C17H16N4O4S/c18-11-13-1-4-15(5-2-13)26(24,25)21-9-7-20(8-10-21)17(23)14-3-6-16(22)19-12-14/h1-6,12H,7-10H2,(H,19,22).